The molecule has 3 rings (SSSR count). The van der Waals surface area contributed by atoms with Crippen LogP contribution < -0.4 is 10.6 Å². The molecule has 2 aromatic rings. The average Bonchev–Trinajstić information content (AvgIpc) is 2.75. The Labute approximate surface area is 185 Å². The quantitative estimate of drug-likeness (QED) is 0.683. The van der Waals surface area contributed by atoms with E-state index in [9.17, 15) is 22.8 Å². The van der Waals surface area contributed by atoms with E-state index >= 15 is 0 Å². The molecule has 0 radical (unpaired) electrons. The van der Waals surface area contributed by atoms with E-state index in [-0.39, 0.29) is 30.7 Å². The molecular formula is C23H27F3N4O2. The van der Waals surface area contributed by atoms with E-state index in [4.69, 9.17) is 0 Å². The molecule has 1 aliphatic heterocycles. The summed E-state index contributed by atoms with van der Waals surface area (Å²) in [5.41, 5.74) is -0.0782. The zero-order valence-electron chi connectivity index (χ0n) is 17.9. The lowest BCUT2D eigenvalue weighted by molar-refractivity contribution is -0.137. The molecule has 172 valence electrons. The van der Waals surface area contributed by atoms with E-state index in [1.165, 1.54) is 18.2 Å². The van der Waals surface area contributed by atoms with Crippen molar-refractivity contribution in [3.63, 3.8) is 0 Å². The Balaban J connectivity index is 1.42. The second kappa shape index (κ2) is 10.6. The molecule has 9 heteroatoms. The summed E-state index contributed by atoms with van der Waals surface area (Å²) in [6.07, 6.45) is -4.53. The van der Waals surface area contributed by atoms with Crippen molar-refractivity contribution >= 4 is 17.5 Å². The molecule has 0 aromatic heterocycles. The van der Waals surface area contributed by atoms with Gasteiger partial charge in [-0.2, -0.15) is 13.2 Å². The van der Waals surface area contributed by atoms with Crippen molar-refractivity contribution in [1.82, 2.24) is 15.1 Å². The van der Waals surface area contributed by atoms with Crippen LogP contribution in [0, 0.1) is 0 Å². The smallest absolute Gasteiger partial charge is 0.348 e. The second-order valence-corrected chi connectivity index (χ2v) is 7.84. The highest BCUT2D eigenvalue weighted by Crippen LogP contribution is 2.34. The van der Waals surface area contributed by atoms with Crippen LogP contribution in [-0.2, 0) is 15.8 Å². The molecule has 0 bridgehead atoms. The Kier molecular flexibility index (Phi) is 7.87. The van der Waals surface area contributed by atoms with Crippen molar-refractivity contribution in [2.75, 3.05) is 44.6 Å². The largest absolute Gasteiger partial charge is 0.418 e. The predicted octanol–water partition coefficient (Wildman–Crippen LogP) is 3.14. The van der Waals surface area contributed by atoms with Gasteiger partial charge in [-0.25, -0.2) is 0 Å². The number of rotatable bonds is 7. The van der Waals surface area contributed by atoms with Gasteiger partial charge in [0.2, 0.25) is 11.8 Å². The van der Waals surface area contributed by atoms with Gasteiger partial charge in [0.25, 0.3) is 0 Å². The molecule has 1 aliphatic rings. The van der Waals surface area contributed by atoms with Crippen molar-refractivity contribution in [2.24, 2.45) is 0 Å². The number of hydrogen-bond donors (Lipinski definition) is 2. The highest BCUT2D eigenvalue weighted by atomic mass is 19.4. The second-order valence-electron chi connectivity index (χ2n) is 7.84. The van der Waals surface area contributed by atoms with Crippen LogP contribution in [0.25, 0.3) is 0 Å². The highest BCUT2D eigenvalue weighted by molar-refractivity contribution is 5.93. The maximum atomic E-state index is 13.1. The number of halogens is 3. The monoisotopic (exact) mass is 448 g/mol. The van der Waals surface area contributed by atoms with Gasteiger partial charge in [0.15, 0.2) is 0 Å². The van der Waals surface area contributed by atoms with Gasteiger partial charge >= 0.3 is 6.18 Å². The number of carbonyl (C=O) groups is 2. The lowest BCUT2D eigenvalue weighted by atomic mass is 10.1. The van der Waals surface area contributed by atoms with Crippen molar-refractivity contribution < 1.29 is 22.8 Å². The zero-order chi connectivity index (χ0) is 23.1. The van der Waals surface area contributed by atoms with E-state index < -0.39 is 17.6 Å². The SMILES string of the molecule is C[C@@H](NC(=O)CN1CCN(CC(=O)Nc2ccccc2C(F)(F)F)CC1)c1ccccc1. The summed E-state index contributed by atoms with van der Waals surface area (Å²) in [6, 6.07) is 14.5. The van der Waals surface area contributed by atoms with E-state index in [2.05, 4.69) is 10.6 Å². The number of anilines is 1. The van der Waals surface area contributed by atoms with Gasteiger partial charge in [-0.15, -0.1) is 0 Å². The lowest BCUT2D eigenvalue weighted by Crippen LogP contribution is -2.51. The Morgan fingerprint density at radius 2 is 1.41 bits per heavy atom. The average molecular weight is 448 g/mol. The minimum atomic E-state index is -4.53. The molecule has 2 aromatic carbocycles. The summed E-state index contributed by atoms with van der Waals surface area (Å²) >= 11 is 0. The molecule has 0 aliphatic carbocycles. The fraction of sp³-hybridized carbons (Fsp3) is 0.391. The Hall–Kier alpha value is -2.91. The van der Waals surface area contributed by atoms with Gasteiger partial charge < -0.3 is 10.6 Å². The van der Waals surface area contributed by atoms with Crippen LogP contribution in [0.3, 0.4) is 0 Å². The number of para-hydroxylation sites is 1. The van der Waals surface area contributed by atoms with Crippen LogP contribution in [0.15, 0.2) is 54.6 Å². The normalized spacial score (nSPS) is 16.4. The van der Waals surface area contributed by atoms with E-state index in [0.717, 1.165) is 11.6 Å². The van der Waals surface area contributed by atoms with Crippen LogP contribution in [-0.4, -0.2) is 60.9 Å². The third kappa shape index (κ3) is 6.80. The number of benzene rings is 2. The maximum Gasteiger partial charge on any atom is 0.418 e. The molecule has 2 N–H and O–H groups in total. The van der Waals surface area contributed by atoms with Gasteiger partial charge in [-0.1, -0.05) is 42.5 Å². The van der Waals surface area contributed by atoms with E-state index in [1.807, 2.05) is 47.1 Å². The molecule has 2 amide bonds. The standard InChI is InChI=1S/C23H27F3N4O2/c1-17(18-7-3-2-4-8-18)27-21(31)15-29-11-13-30(14-12-29)16-22(32)28-20-10-6-5-9-19(20)23(24,25)26/h2-10,17H,11-16H2,1H3,(H,27,31)(H,28,32)/t17-/m1/s1. The van der Waals surface area contributed by atoms with Crippen LogP contribution in [0.2, 0.25) is 0 Å². The summed E-state index contributed by atoms with van der Waals surface area (Å²) in [4.78, 5) is 28.5. The first-order valence-electron chi connectivity index (χ1n) is 10.5. The molecular weight excluding hydrogens is 421 g/mol. The Morgan fingerprint density at radius 1 is 0.875 bits per heavy atom. The van der Waals surface area contributed by atoms with E-state index in [0.29, 0.717) is 26.2 Å². The van der Waals surface area contributed by atoms with Gasteiger partial charge in [0.1, 0.15) is 0 Å². The molecule has 32 heavy (non-hydrogen) atoms. The first-order valence-corrected chi connectivity index (χ1v) is 10.5. The third-order valence-corrected chi connectivity index (χ3v) is 5.38. The first kappa shape index (κ1) is 23.7. The van der Waals surface area contributed by atoms with Crippen LogP contribution in [0.4, 0.5) is 18.9 Å². The number of hydrogen-bond acceptors (Lipinski definition) is 4. The van der Waals surface area contributed by atoms with Gasteiger partial charge in [0.05, 0.1) is 30.4 Å². The lowest BCUT2D eigenvalue weighted by Gasteiger charge is -2.34. The minimum Gasteiger partial charge on any atom is -0.348 e. The molecule has 1 fully saturated rings. The molecule has 0 unspecified atom stereocenters. The summed E-state index contributed by atoms with van der Waals surface area (Å²) in [5, 5.41) is 5.35. The third-order valence-electron chi connectivity index (χ3n) is 5.38. The number of nitrogens with zero attached hydrogens (tertiary/aromatic N) is 2. The summed E-state index contributed by atoms with van der Waals surface area (Å²) in [5.74, 6) is -0.569. The van der Waals surface area contributed by atoms with Crippen molar-refractivity contribution in [2.45, 2.75) is 19.1 Å². The van der Waals surface area contributed by atoms with E-state index in [1.54, 1.807) is 0 Å². The Bertz CT molecular complexity index is 913. The number of nitrogens with one attached hydrogen (secondary N) is 2. The number of piperazine rings is 1. The van der Waals surface area contributed by atoms with Crippen molar-refractivity contribution in [3.05, 3.63) is 65.7 Å². The van der Waals surface area contributed by atoms with Gasteiger partial charge in [-0.3, -0.25) is 19.4 Å². The zero-order valence-corrected chi connectivity index (χ0v) is 17.9. The summed E-state index contributed by atoms with van der Waals surface area (Å²) < 4.78 is 39.2. The maximum absolute atomic E-state index is 13.1. The van der Waals surface area contributed by atoms with Crippen LogP contribution in [0.5, 0.6) is 0 Å². The fourth-order valence-electron chi connectivity index (χ4n) is 3.65. The molecule has 1 saturated heterocycles. The molecule has 1 atom stereocenters. The number of carbonyl (C=O) groups excluding carboxylic acids is 2. The number of amides is 2. The number of alkyl halides is 3. The van der Waals surface area contributed by atoms with Gasteiger partial charge in [-0.05, 0) is 24.6 Å². The van der Waals surface area contributed by atoms with Crippen molar-refractivity contribution in [3.8, 4) is 0 Å². The van der Waals surface area contributed by atoms with Crippen molar-refractivity contribution in [1.29, 1.82) is 0 Å². The van der Waals surface area contributed by atoms with Crippen LogP contribution in [0.1, 0.15) is 24.1 Å². The predicted molar refractivity (Wildman–Crippen MR) is 116 cm³/mol. The molecule has 6 nitrogen and oxygen atoms in total. The fourth-order valence-corrected chi connectivity index (χ4v) is 3.65. The summed E-state index contributed by atoms with van der Waals surface area (Å²) in [7, 11) is 0. The minimum absolute atomic E-state index is 0.00271. The highest BCUT2D eigenvalue weighted by Gasteiger charge is 2.33. The molecule has 0 spiro atoms. The van der Waals surface area contributed by atoms with Crippen LogP contribution >= 0.6 is 0 Å². The Morgan fingerprint density at radius 3 is 2.00 bits per heavy atom. The molecule has 1 heterocycles. The topological polar surface area (TPSA) is 64.7 Å². The first-order chi connectivity index (χ1) is 15.2. The summed E-state index contributed by atoms with van der Waals surface area (Å²) in [6.45, 7) is 4.49. The van der Waals surface area contributed by atoms with Gasteiger partial charge in [0, 0.05) is 26.2 Å². The molecule has 0 saturated carbocycles.